The van der Waals surface area contributed by atoms with E-state index in [0.29, 0.717) is 13.1 Å². The summed E-state index contributed by atoms with van der Waals surface area (Å²) in [6.07, 6.45) is 3.09. The van der Waals surface area contributed by atoms with Crippen LogP contribution in [0.2, 0.25) is 0 Å². The maximum Gasteiger partial charge on any atom is 0.315 e. The zero-order chi connectivity index (χ0) is 15.2. The van der Waals surface area contributed by atoms with E-state index in [9.17, 15) is 4.79 Å². The molecular formula is C12H19N7OS. The molecule has 9 heteroatoms. The molecule has 0 aliphatic heterocycles. The van der Waals surface area contributed by atoms with Crippen molar-refractivity contribution >= 4 is 22.5 Å². The lowest BCUT2D eigenvalue weighted by atomic mass is 10.3. The summed E-state index contributed by atoms with van der Waals surface area (Å²) in [6, 6.07) is -0.263. The van der Waals surface area contributed by atoms with Gasteiger partial charge >= 0.3 is 6.03 Å². The third kappa shape index (κ3) is 4.71. The van der Waals surface area contributed by atoms with Gasteiger partial charge in [-0.1, -0.05) is 0 Å². The van der Waals surface area contributed by atoms with E-state index in [1.54, 1.807) is 22.3 Å². The minimum absolute atomic E-state index is 0.0422. The first-order valence-electron chi connectivity index (χ1n) is 6.53. The van der Waals surface area contributed by atoms with Crippen LogP contribution in [0.1, 0.15) is 12.6 Å². The van der Waals surface area contributed by atoms with Crippen LogP contribution in [-0.2, 0) is 13.1 Å². The van der Waals surface area contributed by atoms with Crippen LogP contribution >= 0.6 is 11.3 Å². The topological polar surface area (TPSA) is 88.0 Å². The van der Waals surface area contributed by atoms with Gasteiger partial charge in [-0.05, 0) is 6.92 Å². The summed E-state index contributed by atoms with van der Waals surface area (Å²) in [5, 5.41) is 12.5. The average molecular weight is 309 g/mol. The molecule has 0 spiro atoms. The van der Waals surface area contributed by atoms with Gasteiger partial charge in [0.25, 0.3) is 0 Å². The number of nitrogens with zero attached hydrogens (tertiary/aromatic N) is 5. The zero-order valence-corrected chi connectivity index (χ0v) is 13.1. The smallest absolute Gasteiger partial charge is 0.315 e. The minimum atomic E-state index is -0.220. The van der Waals surface area contributed by atoms with E-state index in [4.69, 9.17) is 0 Å². The molecule has 1 unspecified atom stereocenters. The molecule has 2 aromatic heterocycles. The highest BCUT2D eigenvalue weighted by Gasteiger charge is 2.09. The van der Waals surface area contributed by atoms with Crippen LogP contribution in [-0.4, -0.2) is 45.9 Å². The summed E-state index contributed by atoms with van der Waals surface area (Å²) < 4.78 is 1.68. The average Bonchev–Trinajstić information content (AvgIpc) is 3.06. The van der Waals surface area contributed by atoms with Crippen LogP contribution in [0, 0.1) is 0 Å². The number of hydrogen-bond acceptors (Lipinski definition) is 6. The standard InChI is InChI=1S/C12H19N7OS/c1-9(5-19-8-13-7-15-19)16-11(20)14-4-10-6-21-12(17-10)18(2)3/h6-9H,4-5H2,1-3H3,(H2,14,16,20). The van der Waals surface area contributed by atoms with Gasteiger partial charge in [-0.25, -0.2) is 14.8 Å². The summed E-state index contributed by atoms with van der Waals surface area (Å²) in [7, 11) is 3.88. The number of rotatable bonds is 6. The third-order valence-corrected chi connectivity index (χ3v) is 3.71. The van der Waals surface area contributed by atoms with E-state index >= 15 is 0 Å². The molecule has 0 aromatic carbocycles. The van der Waals surface area contributed by atoms with Gasteiger partial charge < -0.3 is 15.5 Å². The van der Waals surface area contributed by atoms with Crippen molar-refractivity contribution in [1.29, 1.82) is 0 Å². The number of nitrogens with one attached hydrogen (secondary N) is 2. The van der Waals surface area contributed by atoms with Gasteiger partial charge in [0.05, 0.1) is 18.8 Å². The molecule has 2 rings (SSSR count). The van der Waals surface area contributed by atoms with E-state index in [1.165, 1.54) is 6.33 Å². The number of thiazole rings is 1. The van der Waals surface area contributed by atoms with Crippen LogP contribution in [0.3, 0.4) is 0 Å². The van der Waals surface area contributed by atoms with Crippen LogP contribution in [0.4, 0.5) is 9.93 Å². The molecule has 0 radical (unpaired) electrons. The van der Waals surface area contributed by atoms with Crippen molar-refractivity contribution < 1.29 is 4.79 Å². The molecule has 2 heterocycles. The summed E-state index contributed by atoms with van der Waals surface area (Å²) in [5.74, 6) is 0. The third-order valence-electron chi connectivity index (χ3n) is 2.66. The monoisotopic (exact) mass is 309 g/mol. The summed E-state index contributed by atoms with van der Waals surface area (Å²) in [6.45, 7) is 2.90. The number of aromatic nitrogens is 4. The van der Waals surface area contributed by atoms with Crippen molar-refractivity contribution in [1.82, 2.24) is 30.4 Å². The van der Waals surface area contributed by atoms with E-state index in [2.05, 4.69) is 25.7 Å². The number of urea groups is 1. The number of carbonyl (C=O) groups excluding carboxylic acids is 1. The van der Waals surface area contributed by atoms with E-state index < -0.39 is 0 Å². The van der Waals surface area contributed by atoms with E-state index in [0.717, 1.165) is 10.8 Å². The van der Waals surface area contributed by atoms with Crippen molar-refractivity contribution in [2.45, 2.75) is 26.1 Å². The Bertz CT molecular complexity index is 566. The van der Waals surface area contributed by atoms with Gasteiger partial charge in [0.2, 0.25) is 0 Å². The molecule has 1 atom stereocenters. The van der Waals surface area contributed by atoms with Gasteiger partial charge in [-0.15, -0.1) is 11.3 Å². The molecule has 114 valence electrons. The minimum Gasteiger partial charge on any atom is -0.354 e. The van der Waals surface area contributed by atoms with Gasteiger partial charge in [0, 0.05) is 25.5 Å². The molecule has 0 aliphatic rings. The highest BCUT2D eigenvalue weighted by atomic mass is 32.1. The summed E-state index contributed by atoms with van der Waals surface area (Å²) in [5.41, 5.74) is 0.850. The maximum atomic E-state index is 11.8. The van der Waals surface area contributed by atoms with Gasteiger partial charge in [-0.2, -0.15) is 5.10 Å². The van der Waals surface area contributed by atoms with E-state index in [-0.39, 0.29) is 12.1 Å². The lowest BCUT2D eigenvalue weighted by Crippen LogP contribution is -2.42. The van der Waals surface area contributed by atoms with Crippen LogP contribution in [0.5, 0.6) is 0 Å². The molecular weight excluding hydrogens is 290 g/mol. The highest BCUT2D eigenvalue weighted by molar-refractivity contribution is 7.13. The molecule has 0 fully saturated rings. The second-order valence-corrected chi connectivity index (χ2v) is 5.70. The van der Waals surface area contributed by atoms with Crippen LogP contribution in [0.15, 0.2) is 18.0 Å². The Morgan fingerprint density at radius 1 is 1.52 bits per heavy atom. The van der Waals surface area contributed by atoms with E-state index in [1.807, 2.05) is 31.3 Å². The summed E-state index contributed by atoms with van der Waals surface area (Å²) >= 11 is 1.55. The predicted molar refractivity (Wildman–Crippen MR) is 81.3 cm³/mol. The van der Waals surface area contributed by atoms with Gasteiger partial charge in [0.1, 0.15) is 12.7 Å². The SMILES string of the molecule is CC(Cn1cncn1)NC(=O)NCc1csc(N(C)C)n1. The molecule has 2 amide bonds. The Balaban J connectivity index is 1.73. The number of hydrogen-bond donors (Lipinski definition) is 2. The van der Waals surface area contributed by atoms with Crippen molar-refractivity contribution in [3.8, 4) is 0 Å². The Labute approximate surface area is 127 Å². The molecule has 2 aromatic rings. The Hall–Kier alpha value is -2.16. The molecule has 8 nitrogen and oxygen atoms in total. The first-order chi connectivity index (χ1) is 10.0. The summed E-state index contributed by atoms with van der Waals surface area (Å²) in [4.78, 5) is 22.0. The second kappa shape index (κ2) is 7.02. The van der Waals surface area contributed by atoms with Crippen molar-refractivity contribution in [3.05, 3.63) is 23.7 Å². The molecule has 2 N–H and O–H groups in total. The van der Waals surface area contributed by atoms with Crippen molar-refractivity contribution in [2.24, 2.45) is 0 Å². The van der Waals surface area contributed by atoms with Crippen LogP contribution in [0.25, 0.3) is 0 Å². The highest BCUT2D eigenvalue weighted by Crippen LogP contribution is 2.17. The fraction of sp³-hybridized carbons (Fsp3) is 0.500. The van der Waals surface area contributed by atoms with Crippen LogP contribution < -0.4 is 15.5 Å². The molecule has 0 aliphatic carbocycles. The fourth-order valence-electron chi connectivity index (χ4n) is 1.68. The second-order valence-electron chi connectivity index (χ2n) is 4.86. The molecule has 0 saturated heterocycles. The fourth-order valence-corrected chi connectivity index (χ4v) is 2.44. The number of amides is 2. The lowest BCUT2D eigenvalue weighted by Gasteiger charge is -2.14. The Morgan fingerprint density at radius 2 is 2.33 bits per heavy atom. The first-order valence-corrected chi connectivity index (χ1v) is 7.41. The lowest BCUT2D eigenvalue weighted by molar-refractivity contribution is 0.235. The normalized spacial score (nSPS) is 12.0. The predicted octanol–water partition coefficient (Wildman–Crippen LogP) is 0.688. The van der Waals surface area contributed by atoms with Gasteiger partial charge in [-0.3, -0.25) is 4.68 Å². The zero-order valence-electron chi connectivity index (χ0n) is 12.3. The molecule has 0 bridgehead atoms. The van der Waals surface area contributed by atoms with Gasteiger partial charge in [0.15, 0.2) is 5.13 Å². The maximum absolute atomic E-state index is 11.8. The Morgan fingerprint density at radius 3 is 2.95 bits per heavy atom. The number of anilines is 1. The molecule has 21 heavy (non-hydrogen) atoms. The molecule has 0 saturated carbocycles. The van der Waals surface area contributed by atoms with Crippen molar-refractivity contribution in [2.75, 3.05) is 19.0 Å². The van der Waals surface area contributed by atoms with Crippen molar-refractivity contribution in [3.63, 3.8) is 0 Å². The first kappa shape index (κ1) is 15.2. The Kier molecular flexibility index (Phi) is 5.09. The largest absolute Gasteiger partial charge is 0.354 e. The quantitative estimate of drug-likeness (QED) is 0.819. The number of carbonyl (C=O) groups is 1.